The molecule has 0 saturated heterocycles. The van der Waals surface area contributed by atoms with Crippen molar-refractivity contribution in [2.75, 3.05) is 40.5 Å². The number of esters is 2. The van der Waals surface area contributed by atoms with Crippen molar-refractivity contribution in [3.63, 3.8) is 0 Å². The molecule has 2 aliphatic heterocycles. The molecular formula is C28H31N3O8. The molecule has 2 aromatic rings. The number of non-ortho nitro benzene ring substituents is 1. The highest BCUT2D eigenvalue weighted by Crippen LogP contribution is 2.41. The maximum Gasteiger partial charge on any atom is 0.336 e. The van der Waals surface area contributed by atoms with Gasteiger partial charge in [-0.1, -0.05) is 24.3 Å². The number of carbonyl (C=O) groups is 2. The molecule has 0 N–H and O–H groups in total. The maximum absolute atomic E-state index is 13.4. The maximum atomic E-state index is 13.4. The first-order valence-electron chi connectivity index (χ1n) is 12.5. The van der Waals surface area contributed by atoms with E-state index in [1.807, 2.05) is 36.2 Å². The summed E-state index contributed by atoms with van der Waals surface area (Å²) in [7, 11) is 3.13. The third kappa shape index (κ3) is 6.26. The van der Waals surface area contributed by atoms with E-state index in [4.69, 9.17) is 18.9 Å². The van der Waals surface area contributed by atoms with Gasteiger partial charge in [-0.05, 0) is 38.6 Å². The predicted molar refractivity (Wildman–Crippen MR) is 142 cm³/mol. The van der Waals surface area contributed by atoms with Crippen LogP contribution in [-0.2, 0) is 19.1 Å². The summed E-state index contributed by atoms with van der Waals surface area (Å²) in [5.41, 5.74) is 1.27. The lowest BCUT2D eigenvalue weighted by molar-refractivity contribution is -0.384. The summed E-state index contributed by atoms with van der Waals surface area (Å²) in [6, 6.07) is 13.4. The molecule has 0 aliphatic carbocycles. The summed E-state index contributed by atoms with van der Waals surface area (Å²) in [6.07, 6.45) is -0.180. The minimum absolute atomic E-state index is 0.0729. The van der Waals surface area contributed by atoms with Gasteiger partial charge in [0.1, 0.15) is 25.2 Å². The van der Waals surface area contributed by atoms with Gasteiger partial charge in [0.15, 0.2) is 11.5 Å². The Morgan fingerprint density at radius 1 is 1.15 bits per heavy atom. The molecule has 0 spiro atoms. The van der Waals surface area contributed by atoms with Crippen molar-refractivity contribution in [3.05, 3.63) is 75.5 Å². The Morgan fingerprint density at radius 2 is 1.90 bits per heavy atom. The van der Waals surface area contributed by atoms with Crippen LogP contribution < -0.4 is 9.47 Å². The van der Waals surface area contributed by atoms with E-state index in [1.165, 1.54) is 25.3 Å². The van der Waals surface area contributed by atoms with E-state index < -0.39 is 28.7 Å². The van der Waals surface area contributed by atoms with Gasteiger partial charge in [-0.2, -0.15) is 0 Å². The van der Waals surface area contributed by atoms with Crippen molar-refractivity contribution in [1.29, 1.82) is 0 Å². The Morgan fingerprint density at radius 3 is 2.62 bits per heavy atom. The van der Waals surface area contributed by atoms with Gasteiger partial charge in [-0.25, -0.2) is 4.79 Å². The van der Waals surface area contributed by atoms with Crippen molar-refractivity contribution < 1.29 is 33.5 Å². The van der Waals surface area contributed by atoms with Crippen LogP contribution in [0.5, 0.6) is 11.5 Å². The summed E-state index contributed by atoms with van der Waals surface area (Å²) in [5, 5.41) is 11.4. The fourth-order valence-electron chi connectivity index (χ4n) is 4.89. The SMILES string of the molecule is COC(=O)C1C(C)=NC(C)=C(C(=O)OCCN(C)CC2COc3ccccc3O2)C1c1cccc([N+](=O)[O-])c1. The molecule has 206 valence electrons. The summed E-state index contributed by atoms with van der Waals surface area (Å²) < 4.78 is 22.4. The number of nitrogens with zero attached hydrogens (tertiary/aromatic N) is 3. The Balaban J connectivity index is 1.46. The van der Waals surface area contributed by atoms with Crippen molar-refractivity contribution in [2.24, 2.45) is 10.9 Å². The number of rotatable bonds is 9. The van der Waals surface area contributed by atoms with Crippen molar-refractivity contribution in [2.45, 2.75) is 25.9 Å². The van der Waals surface area contributed by atoms with Crippen molar-refractivity contribution >= 4 is 23.3 Å². The molecule has 2 aliphatic rings. The highest BCUT2D eigenvalue weighted by Gasteiger charge is 2.42. The number of likely N-dealkylation sites (N-methyl/N-ethyl adjacent to an activating group) is 1. The highest BCUT2D eigenvalue weighted by atomic mass is 16.6. The third-order valence-electron chi connectivity index (χ3n) is 6.73. The van der Waals surface area contributed by atoms with Gasteiger partial charge in [-0.3, -0.25) is 24.8 Å². The molecule has 3 unspecified atom stereocenters. The second-order valence-electron chi connectivity index (χ2n) is 9.48. The molecule has 4 rings (SSSR count). The molecule has 39 heavy (non-hydrogen) atoms. The number of benzene rings is 2. The number of para-hydroxylation sites is 2. The van der Waals surface area contributed by atoms with Gasteiger partial charge in [0.25, 0.3) is 5.69 Å². The molecule has 0 aromatic heterocycles. The van der Waals surface area contributed by atoms with E-state index in [0.717, 1.165) is 0 Å². The number of aliphatic imine (C=N–C) groups is 1. The fourth-order valence-corrected chi connectivity index (χ4v) is 4.89. The first-order valence-corrected chi connectivity index (χ1v) is 12.5. The Labute approximate surface area is 226 Å². The topological polar surface area (TPSA) is 130 Å². The fraction of sp³-hybridized carbons (Fsp3) is 0.393. The molecule has 0 radical (unpaired) electrons. The number of allylic oxidation sites excluding steroid dienone is 1. The van der Waals surface area contributed by atoms with Crippen LogP contribution in [-0.4, -0.2) is 74.0 Å². The van der Waals surface area contributed by atoms with Crippen molar-refractivity contribution in [1.82, 2.24) is 4.90 Å². The summed E-state index contributed by atoms with van der Waals surface area (Å²) in [6.45, 7) is 4.78. The molecule has 11 heteroatoms. The monoisotopic (exact) mass is 537 g/mol. The number of hydrogen-bond acceptors (Lipinski definition) is 10. The normalized spacial score (nSPS) is 20.3. The number of ether oxygens (including phenoxy) is 4. The first kappa shape index (κ1) is 27.8. The number of carbonyl (C=O) groups excluding carboxylic acids is 2. The van der Waals surface area contributed by atoms with Crippen LogP contribution in [0.2, 0.25) is 0 Å². The average molecular weight is 538 g/mol. The van der Waals surface area contributed by atoms with E-state index in [2.05, 4.69) is 4.99 Å². The quantitative estimate of drug-likeness (QED) is 0.268. The van der Waals surface area contributed by atoms with Crippen LogP contribution in [0.25, 0.3) is 0 Å². The van der Waals surface area contributed by atoms with E-state index in [1.54, 1.807) is 19.9 Å². The zero-order valence-corrected chi connectivity index (χ0v) is 22.3. The van der Waals surface area contributed by atoms with Crippen LogP contribution in [0.15, 0.2) is 64.8 Å². The van der Waals surface area contributed by atoms with Gasteiger partial charge < -0.3 is 18.9 Å². The molecule has 0 saturated carbocycles. The van der Waals surface area contributed by atoms with Crippen LogP contribution in [0, 0.1) is 16.0 Å². The standard InChI is InChI=1S/C28H31N3O8/c1-17-24(27(32)36-4)26(19-8-7-9-20(14-19)31(34)35)25(18(2)29-17)28(33)37-13-12-30(3)15-21-16-38-22-10-5-6-11-23(22)39-21/h5-11,14,21,24,26H,12-13,15-16H2,1-4H3. The van der Waals surface area contributed by atoms with Gasteiger partial charge in [0.05, 0.1) is 17.6 Å². The van der Waals surface area contributed by atoms with Crippen LogP contribution in [0.1, 0.15) is 25.3 Å². The van der Waals surface area contributed by atoms with Crippen molar-refractivity contribution in [3.8, 4) is 11.5 Å². The Bertz CT molecular complexity index is 1320. The minimum atomic E-state index is -0.933. The lowest BCUT2D eigenvalue weighted by atomic mass is 9.75. The molecule has 0 fully saturated rings. The van der Waals surface area contributed by atoms with Crippen LogP contribution in [0.3, 0.4) is 0 Å². The van der Waals surface area contributed by atoms with Crippen LogP contribution in [0.4, 0.5) is 5.69 Å². The highest BCUT2D eigenvalue weighted by molar-refractivity contribution is 6.07. The molecule has 2 heterocycles. The molecule has 0 bridgehead atoms. The predicted octanol–water partition coefficient (Wildman–Crippen LogP) is 3.53. The summed E-state index contributed by atoms with van der Waals surface area (Å²) in [5.74, 6) is -1.63. The Hall–Kier alpha value is -4.25. The van der Waals surface area contributed by atoms with E-state index >= 15 is 0 Å². The first-order chi connectivity index (χ1) is 18.7. The van der Waals surface area contributed by atoms with E-state index in [-0.39, 0.29) is 24.0 Å². The van der Waals surface area contributed by atoms with Crippen LogP contribution >= 0.6 is 0 Å². The van der Waals surface area contributed by atoms with Gasteiger partial charge in [0, 0.05) is 42.5 Å². The van der Waals surface area contributed by atoms with Gasteiger partial charge >= 0.3 is 11.9 Å². The minimum Gasteiger partial charge on any atom is -0.486 e. The van der Waals surface area contributed by atoms with E-state index in [0.29, 0.717) is 48.2 Å². The van der Waals surface area contributed by atoms with E-state index in [9.17, 15) is 19.7 Å². The number of nitro groups is 1. The molecular weight excluding hydrogens is 506 g/mol. The molecule has 11 nitrogen and oxygen atoms in total. The molecule has 0 amide bonds. The number of hydrogen-bond donors (Lipinski definition) is 0. The lowest BCUT2D eigenvalue weighted by Gasteiger charge is -2.31. The average Bonchev–Trinajstić information content (AvgIpc) is 2.92. The number of methoxy groups -OCH3 is 1. The second kappa shape index (κ2) is 12.1. The van der Waals surface area contributed by atoms with Gasteiger partial charge in [0.2, 0.25) is 0 Å². The molecule has 2 aromatic carbocycles. The Kier molecular flexibility index (Phi) is 8.60. The summed E-state index contributed by atoms with van der Waals surface area (Å²) >= 11 is 0. The number of nitro benzene ring substituents is 1. The zero-order chi connectivity index (χ0) is 28.1. The summed E-state index contributed by atoms with van der Waals surface area (Å²) in [4.78, 5) is 43.5. The van der Waals surface area contributed by atoms with Gasteiger partial charge in [-0.15, -0.1) is 0 Å². The lowest BCUT2D eigenvalue weighted by Crippen LogP contribution is -2.40. The zero-order valence-electron chi connectivity index (χ0n) is 22.3. The number of fused-ring (bicyclic) bond motifs is 1. The smallest absolute Gasteiger partial charge is 0.336 e. The molecule has 3 atom stereocenters. The second-order valence-corrected chi connectivity index (χ2v) is 9.48. The largest absolute Gasteiger partial charge is 0.486 e. The third-order valence-corrected chi connectivity index (χ3v) is 6.73.